The maximum absolute atomic E-state index is 9.09. The van der Waals surface area contributed by atoms with E-state index in [9.17, 15) is 0 Å². The van der Waals surface area contributed by atoms with Crippen LogP contribution in [0.3, 0.4) is 0 Å². The zero-order valence-electron chi connectivity index (χ0n) is 11.2. The summed E-state index contributed by atoms with van der Waals surface area (Å²) in [6.07, 6.45) is 5.45. The van der Waals surface area contributed by atoms with Crippen LogP contribution in [0, 0.1) is 0 Å². The summed E-state index contributed by atoms with van der Waals surface area (Å²) < 4.78 is 0. The van der Waals surface area contributed by atoms with Crippen LogP contribution < -0.4 is 4.90 Å². The minimum Gasteiger partial charge on any atom is -0.411 e. The third-order valence-corrected chi connectivity index (χ3v) is 3.69. The number of hydrogen-bond donors (Lipinski definition) is 1. The zero-order valence-corrected chi connectivity index (χ0v) is 11.2. The predicted molar refractivity (Wildman–Crippen MR) is 79.5 cm³/mol. The molecule has 0 unspecified atom stereocenters. The van der Waals surface area contributed by atoms with Gasteiger partial charge in [0.2, 0.25) is 0 Å². The molecule has 1 aliphatic heterocycles. The van der Waals surface area contributed by atoms with Crippen LogP contribution in [0.2, 0.25) is 0 Å². The van der Waals surface area contributed by atoms with Gasteiger partial charge in [-0.3, -0.25) is 4.98 Å². The second-order valence-corrected chi connectivity index (χ2v) is 4.91. The van der Waals surface area contributed by atoms with Crippen molar-refractivity contribution in [1.82, 2.24) is 4.98 Å². The van der Waals surface area contributed by atoms with Crippen LogP contribution in [0.4, 0.5) is 5.69 Å². The Morgan fingerprint density at radius 3 is 2.90 bits per heavy atom. The van der Waals surface area contributed by atoms with E-state index in [1.165, 1.54) is 5.56 Å². The molecule has 1 N–H and O–H groups in total. The molecule has 4 heteroatoms. The van der Waals surface area contributed by atoms with E-state index in [4.69, 9.17) is 5.21 Å². The van der Waals surface area contributed by atoms with E-state index in [2.05, 4.69) is 27.2 Å². The fraction of sp³-hybridized carbons (Fsp3) is 0.250. The molecule has 0 atom stereocenters. The van der Waals surface area contributed by atoms with Gasteiger partial charge in [-0.05, 0) is 24.1 Å². The second-order valence-electron chi connectivity index (χ2n) is 4.91. The van der Waals surface area contributed by atoms with Crippen LogP contribution in [0.15, 0.2) is 53.9 Å². The lowest BCUT2D eigenvalue weighted by Crippen LogP contribution is -2.34. The first kappa shape index (κ1) is 12.7. The maximum Gasteiger partial charge on any atom is 0.0906 e. The number of hydrogen-bond acceptors (Lipinski definition) is 4. The summed E-state index contributed by atoms with van der Waals surface area (Å²) in [6, 6.07) is 12.2. The third kappa shape index (κ3) is 2.50. The molecule has 0 saturated heterocycles. The van der Waals surface area contributed by atoms with Crippen molar-refractivity contribution in [3.63, 3.8) is 0 Å². The molecule has 3 rings (SSSR count). The van der Waals surface area contributed by atoms with Gasteiger partial charge < -0.3 is 10.1 Å². The van der Waals surface area contributed by atoms with E-state index in [1.807, 2.05) is 30.5 Å². The molecule has 0 radical (unpaired) electrons. The number of benzene rings is 1. The van der Waals surface area contributed by atoms with Crippen molar-refractivity contribution in [2.24, 2.45) is 5.16 Å². The highest BCUT2D eigenvalue weighted by molar-refractivity contribution is 6.06. The number of anilines is 1. The summed E-state index contributed by atoms with van der Waals surface area (Å²) in [5, 5.41) is 12.5. The Morgan fingerprint density at radius 2 is 2.10 bits per heavy atom. The smallest absolute Gasteiger partial charge is 0.0906 e. The topological polar surface area (TPSA) is 48.7 Å². The van der Waals surface area contributed by atoms with Gasteiger partial charge in [0.1, 0.15) is 0 Å². The molecule has 1 aliphatic rings. The molecule has 4 nitrogen and oxygen atoms in total. The molecule has 0 aliphatic carbocycles. The molecular weight excluding hydrogens is 250 g/mol. The van der Waals surface area contributed by atoms with E-state index in [0.717, 1.165) is 42.9 Å². The van der Waals surface area contributed by atoms with Crippen molar-refractivity contribution in [3.05, 3.63) is 59.9 Å². The van der Waals surface area contributed by atoms with Gasteiger partial charge in [0, 0.05) is 43.2 Å². The summed E-state index contributed by atoms with van der Waals surface area (Å²) >= 11 is 0. The average molecular weight is 267 g/mol. The monoisotopic (exact) mass is 267 g/mol. The third-order valence-electron chi connectivity index (χ3n) is 3.69. The maximum atomic E-state index is 9.09. The normalized spacial score (nSPS) is 16.2. The van der Waals surface area contributed by atoms with Crippen LogP contribution in [0.25, 0.3) is 0 Å². The first-order chi connectivity index (χ1) is 9.88. The van der Waals surface area contributed by atoms with E-state index in [0.29, 0.717) is 0 Å². The van der Waals surface area contributed by atoms with Gasteiger partial charge >= 0.3 is 0 Å². The molecule has 1 aromatic carbocycles. The SMILES string of the molecule is ON=C1CCN(CCc2cccnc2)c2ccccc21. The van der Waals surface area contributed by atoms with Crippen LogP contribution in [-0.4, -0.2) is 29.0 Å². The minimum atomic E-state index is 0.776. The first-order valence-electron chi connectivity index (χ1n) is 6.82. The van der Waals surface area contributed by atoms with Crippen molar-refractivity contribution in [1.29, 1.82) is 0 Å². The van der Waals surface area contributed by atoms with Crippen LogP contribution in [-0.2, 0) is 6.42 Å². The molecule has 0 bridgehead atoms. The summed E-state index contributed by atoms with van der Waals surface area (Å²) in [4.78, 5) is 6.49. The summed E-state index contributed by atoms with van der Waals surface area (Å²) in [5.74, 6) is 0. The molecule has 0 fully saturated rings. The van der Waals surface area contributed by atoms with E-state index in [1.54, 1.807) is 6.20 Å². The Morgan fingerprint density at radius 1 is 1.20 bits per heavy atom. The Hall–Kier alpha value is -2.36. The lowest BCUT2D eigenvalue weighted by Gasteiger charge is -2.31. The molecular formula is C16H17N3O. The number of pyridine rings is 1. The molecule has 2 aromatic rings. The van der Waals surface area contributed by atoms with Crippen molar-refractivity contribution < 1.29 is 5.21 Å². The predicted octanol–water partition coefficient (Wildman–Crippen LogP) is 2.71. The molecule has 2 heterocycles. The number of para-hydroxylation sites is 1. The van der Waals surface area contributed by atoms with Gasteiger partial charge in [0.05, 0.1) is 5.71 Å². The molecule has 0 amide bonds. The Bertz CT molecular complexity index is 610. The second kappa shape index (κ2) is 5.74. The van der Waals surface area contributed by atoms with Crippen LogP contribution in [0.5, 0.6) is 0 Å². The lowest BCUT2D eigenvalue weighted by molar-refractivity contribution is 0.318. The summed E-state index contributed by atoms with van der Waals surface area (Å²) in [6.45, 7) is 1.83. The fourth-order valence-corrected chi connectivity index (χ4v) is 2.64. The van der Waals surface area contributed by atoms with E-state index in [-0.39, 0.29) is 0 Å². The standard InChI is InChI=1S/C16H17N3O/c20-18-15-8-11-19(16-6-2-1-5-14(15)16)10-7-13-4-3-9-17-12-13/h1-6,9,12,20H,7-8,10-11H2. The van der Waals surface area contributed by atoms with Gasteiger partial charge in [0.15, 0.2) is 0 Å². The van der Waals surface area contributed by atoms with Gasteiger partial charge in [-0.15, -0.1) is 0 Å². The molecule has 0 spiro atoms. The highest BCUT2D eigenvalue weighted by atomic mass is 16.4. The number of nitrogens with zero attached hydrogens (tertiary/aromatic N) is 3. The van der Waals surface area contributed by atoms with Crippen molar-refractivity contribution in [2.75, 3.05) is 18.0 Å². The Balaban J connectivity index is 1.78. The quantitative estimate of drug-likeness (QED) is 0.687. The lowest BCUT2D eigenvalue weighted by atomic mass is 9.99. The van der Waals surface area contributed by atoms with Crippen LogP contribution in [0.1, 0.15) is 17.5 Å². The Labute approximate surface area is 118 Å². The van der Waals surface area contributed by atoms with Crippen molar-refractivity contribution in [3.8, 4) is 0 Å². The largest absolute Gasteiger partial charge is 0.411 e. The molecule has 0 saturated carbocycles. The number of fused-ring (bicyclic) bond motifs is 1. The highest BCUT2D eigenvalue weighted by Crippen LogP contribution is 2.27. The van der Waals surface area contributed by atoms with Crippen LogP contribution >= 0.6 is 0 Å². The Kier molecular flexibility index (Phi) is 3.63. The van der Waals surface area contributed by atoms with Gasteiger partial charge in [-0.25, -0.2) is 0 Å². The molecule has 102 valence electrons. The molecule has 1 aromatic heterocycles. The highest BCUT2D eigenvalue weighted by Gasteiger charge is 2.21. The summed E-state index contributed by atoms with van der Waals surface area (Å²) in [5.41, 5.74) is 4.20. The fourth-order valence-electron chi connectivity index (χ4n) is 2.64. The number of oxime groups is 1. The van der Waals surface area contributed by atoms with E-state index >= 15 is 0 Å². The number of aromatic nitrogens is 1. The van der Waals surface area contributed by atoms with E-state index < -0.39 is 0 Å². The van der Waals surface area contributed by atoms with Crippen molar-refractivity contribution in [2.45, 2.75) is 12.8 Å². The van der Waals surface area contributed by atoms with Gasteiger partial charge in [-0.2, -0.15) is 0 Å². The molecule has 20 heavy (non-hydrogen) atoms. The van der Waals surface area contributed by atoms with Gasteiger partial charge in [-0.1, -0.05) is 29.4 Å². The average Bonchev–Trinajstić information content (AvgIpc) is 2.53. The number of rotatable bonds is 3. The zero-order chi connectivity index (χ0) is 13.8. The first-order valence-corrected chi connectivity index (χ1v) is 6.82. The van der Waals surface area contributed by atoms with Gasteiger partial charge in [0.25, 0.3) is 0 Å². The van der Waals surface area contributed by atoms with Crippen molar-refractivity contribution >= 4 is 11.4 Å². The summed E-state index contributed by atoms with van der Waals surface area (Å²) in [7, 11) is 0. The minimum absolute atomic E-state index is 0.776.